The molecule has 1 saturated heterocycles. The lowest BCUT2D eigenvalue weighted by atomic mass is 10.3. The van der Waals surface area contributed by atoms with Gasteiger partial charge in [-0.15, -0.1) is 0 Å². The number of anilines is 2. The van der Waals surface area contributed by atoms with Gasteiger partial charge in [0, 0.05) is 36.7 Å². The lowest BCUT2D eigenvalue weighted by Crippen LogP contribution is -2.22. The summed E-state index contributed by atoms with van der Waals surface area (Å²) in [6.07, 6.45) is 4.12. The zero-order valence-electron chi connectivity index (χ0n) is 12.9. The molecule has 1 unspecified atom stereocenters. The topological polar surface area (TPSA) is 96.9 Å². The number of nitrogens with zero attached hydrogens (tertiary/aromatic N) is 3. The molecule has 0 aromatic carbocycles. The van der Waals surface area contributed by atoms with Crippen molar-refractivity contribution in [1.29, 1.82) is 0 Å². The summed E-state index contributed by atoms with van der Waals surface area (Å²) in [6.45, 7) is 2.50. The van der Waals surface area contributed by atoms with E-state index in [0.29, 0.717) is 24.7 Å². The van der Waals surface area contributed by atoms with Crippen LogP contribution in [0, 0.1) is 6.92 Å². The first-order valence-electron chi connectivity index (χ1n) is 7.46. The summed E-state index contributed by atoms with van der Waals surface area (Å²) in [5, 5.41) is 6.36. The van der Waals surface area contributed by atoms with Gasteiger partial charge in [0.2, 0.25) is 5.95 Å². The van der Waals surface area contributed by atoms with Gasteiger partial charge in [0.05, 0.1) is 11.5 Å². The number of sulfone groups is 1. The maximum absolute atomic E-state index is 11.5. The van der Waals surface area contributed by atoms with Gasteiger partial charge in [0.1, 0.15) is 5.82 Å². The van der Waals surface area contributed by atoms with E-state index in [-0.39, 0.29) is 17.5 Å². The third-order valence-corrected chi connectivity index (χ3v) is 5.38. The molecule has 0 radical (unpaired) electrons. The van der Waals surface area contributed by atoms with E-state index in [0.717, 1.165) is 11.3 Å². The van der Waals surface area contributed by atoms with Crippen LogP contribution in [0.25, 0.3) is 0 Å². The van der Waals surface area contributed by atoms with Gasteiger partial charge in [-0.3, -0.25) is 4.98 Å². The van der Waals surface area contributed by atoms with E-state index in [1.54, 1.807) is 12.4 Å². The van der Waals surface area contributed by atoms with E-state index in [9.17, 15) is 8.42 Å². The lowest BCUT2D eigenvalue weighted by Gasteiger charge is -2.13. The minimum atomic E-state index is -2.92. The van der Waals surface area contributed by atoms with Crippen molar-refractivity contribution in [2.75, 3.05) is 22.1 Å². The fourth-order valence-electron chi connectivity index (χ4n) is 2.51. The van der Waals surface area contributed by atoms with Crippen molar-refractivity contribution in [2.45, 2.75) is 25.9 Å². The Morgan fingerprint density at radius 3 is 2.91 bits per heavy atom. The molecule has 8 heteroatoms. The maximum Gasteiger partial charge on any atom is 0.225 e. The maximum atomic E-state index is 11.5. The molecule has 1 fully saturated rings. The van der Waals surface area contributed by atoms with Crippen LogP contribution in [0.4, 0.5) is 11.8 Å². The van der Waals surface area contributed by atoms with Gasteiger partial charge in [0.25, 0.3) is 0 Å². The van der Waals surface area contributed by atoms with Crippen LogP contribution in [0.2, 0.25) is 0 Å². The molecule has 2 N–H and O–H groups in total. The quantitative estimate of drug-likeness (QED) is 0.853. The summed E-state index contributed by atoms with van der Waals surface area (Å²) in [5.41, 5.74) is 1.87. The van der Waals surface area contributed by atoms with Crippen molar-refractivity contribution >= 4 is 21.6 Å². The summed E-state index contributed by atoms with van der Waals surface area (Å²) in [7, 11) is -2.92. The van der Waals surface area contributed by atoms with E-state index in [1.807, 2.05) is 25.1 Å². The summed E-state index contributed by atoms with van der Waals surface area (Å²) in [4.78, 5) is 12.8. The van der Waals surface area contributed by atoms with Gasteiger partial charge in [-0.1, -0.05) is 6.07 Å². The van der Waals surface area contributed by atoms with Crippen molar-refractivity contribution in [3.05, 3.63) is 41.9 Å². The predicted octanol–water partition coefficient (Wildman–Crippen LogP) is 1.39. The Morgan fingerprint density at radius 1 is 1.35 bits per heavy atom. The fourth-order valence-corrected chi connectivity index (χ4v) is 4.18. The van der Waals surface area contributed by atoms with Crippen LogP contribution >= 0.6 is 0 Å². The second-order valence-corrected chi connectivity index (χ2v) is 7.91. The van der Waals surface area contributed by atoms with Gasteiger partial charge < -0.3 is 10.6 Å². The van der Waals surface area contributed by atoms with Gasteiger partial charge in [0.15, 0.2) is 9.84 Å². The molecule has 0 amide bonds. The lowest BCUT2D eigenvalue weighted by molar-refractivity contribution is 0.602. The highest BCUT2D eigenvalue weighted by Gasteiger charge is 2.28. The number of aromatic nitrogens is 3. The number of nitrogens with one attached hydrogen (secondary N) is 2. The molecule has 2 aromatic rings. The average Bonchev–Trinajstić information content (AvgIpc) is 2.84. The van der Waals surface area contributed by atoms with Crippen molar-refractivity contribution in [3.63, 3.8) is 0 Å². The summed E-state index contributed by atoms with van der Waals surface area (Å²) in [5.74, 6) is 1.52. The highest BCUT2D eigenvalue weighted by atomic mass is 32.2. The van der Waals surface area contributed by atoms with Gasteiger partial charge >= 0.3 is 0 Å². The molecule has 3 heterocycles. The second kappa shape index (κ2) is 6.49. The SMILES string of the molecule is Cc1cc(NCc2cccnc2)nc(NC2CCS(=O)(=O)C2)n1. The first-order valence-corrected chi connectivity index (χ1v) is 9.28. The van der Waals surface area contributed by atoms with E-state index < -0.39 is 9.84 Å². The zero-order valence-corrected chi connectivity index (χ0v) is 13.7. The van der Waals surface area contributed by atoms with E-state index in [2.05, 4.69) is 25.6 Å². The van der Waals surface area contributed by atoms with Crippen LogP contribution in [0.1, 0.15) is 17.7 Å². The van der Waals surface area contributed by atoms with Crippen molar-refractivity contribution < 1.29 is 8.42 Å². The van der Waals surface area contributed by atoms with Crippen LogP contribution in [-0.2, 0) is 16.4 Å². The Kier molecular flexibility index (Phi) is 4.42. The Labute approximate surface area is 135 Å². The largest absolute Gasteiger partial charge is 0.366 e. The van der Waals surface area contributed by atoms with Gasteiger partial charge in [-0.25, -0.2) is 13.4 Å². The van der Waals surface area contributed by atoms with Crippen LogP contribution in [-0.4, -0.2) is 40.9 Å². The summed E-state index contributed by atoms with van der Waals surface area (Å²) < 4.78 is 23.1. The summed E-state index contributed by atoms with van der Waals surface area (Å²) >= 11 is 0. The highest BCUT2D eigenvalue weighted by Crippen LogP contribution is 2.17. The molecule has 0 aliphatic carbocycles. The molecular weight excluding hydrogens is 314 g/mol. The second-order valence-electron chi connectivity index (χ2n) is 5.68. The van der Waals surface area contributed by atoms with Crippen molar-refractivity contribution in [2.24, 2.45) is 0 Å². The van der Waals surface area contributed by atoms with E-state index >= 15 is 0 Å². The van der Waals surface area contributed by atoms with Crippen LogP contribution in [0.5, 0.6) is 0 Å². The van der Waals surface area contributed by atoms with Crippen molar-refractivity contribution in [3.8, 4) is 0 Å². The Bertz CT molecular complexity index is 780. The minimum absolute atomic E-state index is 0.118. The number of aryl methyl sites for hydroxylation is 1. The van der Waals surface area contributed by atoms with E-state index in [4.69, 9.17) is 0 Å². The van der Waals surface area contributed by atoms with Crippen LogP contribution < -0.4 is 10.6 Å². The Morgan fingerprint density at radius 2 is 2.22 bits per heavy atom. The molecule has 122 valence electrons. The molecular formula is C15H19N5O2S. The fraction of sp³-hybridized carbons (Fsp3) is 0.400. The minimum Gasteiger partial charge on any atom is -0.366 e. The van der Waals surface area contributed by atoms with Crippen LogP contribution in [0.3, 0.4) is 0 Å². The summed E-state index contributed by atoms with van der Waals surface area (Å²) in [6, 6.07) is 5.60. The molecule has 23 heavy (non-hydrogen) atoms. The van der Waals surface area contributed by atoms with Crippen LogP contribution in [0.15, 0.2) is 30.6 Å². The molecule has 0 saturated carbocycles. The normalized spacial score (nSPS) is 19.4. The Balaban J connectivity index is 1.67. The zero-order chi connectivity index (χ0) is 16.3. The van der Waals surface area contributed by atoms with Gasteiger partial charge in [-0.2, -0.15) is 4.98 Å². The number of pyridine rings is 1. The van der Waals surface area contributed by atoms with Gasteiger partial charge in [-0.05, 0) is 25.0 Å². The molecule has 2 aromatic heterocycles. The third kappa shape index (κ3) is 4.38. The molecule has 1 atom stereocenters. The van der Waals surface area contributed by atoms with E-state index in [1.165, 1.54) is 0 Å². The third-order valence-electron chi connectivity index (χ3n) is 3.62. The Hall–Kier alpha value is -2.22. The number of hydrogen-bond donors (Lipinski definition) is 2. The smallest absolute Gasteiger partial charge is 0.225 e. The number of hydrogen-bond acceptors (Lipinski definition) is 7. The molecule has 1 aliphatic heterocycles. The number of rotatable bonds is 5. The molecule has 0 bridgehead atoms. The highest BCUT2D eigenvalue weighted by molar-refractivity contribution is 7.91. The average molecular weight is 333 g/mol. The van der Waals surface area contributed by atoms with Crippen molar-refractivity contribution in [1.82, 2.24) is 15.0 Å². The molecule has 1 aliphatic rings. The predicted molar refractivity (Wildman–Crippen MR) is 89.0 cm³/mol. The molecule has 7 nitrogen and oxygen atoms in total. The monoisotopic (exact) mass is 333 g/mol. The molecule has 0 spiro atoms. The first-order chi connectivity index (χ1) is 11.0. The standard InChI is InChI=1S/C15H19N5O2S/c1-11-7-14(17-9-12-3-2-5-16-8-12)20-15(18-11)19-13-4-6-23(21,22)10-13/h2-3,5,7-8,13H,4,6,9-10H2,1H3,(H2,17,18,19,20). The first kappa shape index (κ1) is 15.7. The molecule has 3 rings (SSSR count).